The summed E-state index contributed by atoms with van der Waals surface area (Å²) in [5.41, 5.74) is 3.04. The van der Waals surface area contributed by atoms with Crippen LogP contribution in [0.15, 0.2) is 52.6 Å². The lowest BCUT2D eigenvalue weighted by Gasteiger charge is -2.05. The zero-order valence-corrected chi connectivity index (χ0v) is 14.9. The highest BCUT2D eigenvalue weighted by atomic mass is 32.1. The number of pyridine rings is 1. The van der Waals surface area contributed by atoms with E-state index in [2.05, 4.69) is 20.4 Å². The zero-order chi connectivity index (χ0) is 18.1. The Morgan fingerprint density at radius 3 is 2.81 bits per heavy atom. The number of thiazole rings is 1. The molecule has 4 rings (SSSR count). The minimum absolute atomic E-state index is 0.266. The lowest BCUT2D eigenvalue weighted by atomic mass is 10.2. The number of aryl methyl sites for hydroxylation is 2. The van der Waals surface area contributed by atoms with Crippen LogP contribution in [0.4, 0.5) is 5.13 Å². The third kappa shape index (κ3) is 3.14. The molecule has 0 saturated heterocycles. The molecule has 8 heteroatoms. The molecule has 7 nitrogen and oxygen atoms in total. The molecule has 26 heavy (non-hydrogen) atoms. The van der Waals surface area contributed by atoms with Gasteiger partial charge in [0.1, 0.15) is 5.69 Å². The number of carbonyl (C=O) groups excluding carboxylic acids is 1. The van der Waals surface area contributed by atoms with Crippen LogP contribution in [0.3, 0.4) is 0 Å². The Bertz CT molecular complexity index is 1050. The molecule has 0 fully saturated rings. The van der Waals surface area contributed by atoms with E-state index >= 15 is 0 Å². The minimum atomic E-state index is -0.266. The number of hydrogen-bond acceptors (Lipinski definition) is 6. The Morgan fingerprint density at radius 2 is 2.15 bits per heavy atom. The molecule has 130 valence electrons. The van der Waals surface area contributed by atoms with Crippen molar-refractivity contribution >= 4 is 22.4 Å². The molecular weight excluding hydrogens is 350 g/mol. The van der Waals surface area contributed by atoms with Crippen molar-refractivity contribution in [1.29, 1.82) is 0 Å². The van der Waals surface area contributed by atoms with Crippen LogP contribution < -0.4 is 5.32 Å². The second kappa shape index (κ2) is 6.57. The summed E-state index contributed by atoms with van der Waals surface area (Å²) >= 11 is 1.34. The highest BCUT2D eigenvalue weighted by Crippen LogP contribution is 2.25. The standard InChI is InChI=1S/C18H15N5O2S/c1-11-8-12(2)23(22-11)16-6-5-13(9-19-16)17(24)21-18-20-14(10-26-18)15-4-3-7-25-15/h3-10H,1-2H3,(H,20,21,24). The van der Waals surface area contributed by atoms with Gasteiger partial charge in [-0.3, -0.25) is 10.1 Å². The van der Waals surface area contributed by atoms with E-state index in [-0.39, 0.29) is 5.91 Å². The number of aromatic nitrogens is 4. The maximum Gasteiger partial charge on any atom is 0.259 e. The maximum absolute atomic E-state index is 12.4. The fourth-order valence-corrected chi connectivity index (χ4v) is 3.24. The lowest BCUT2D eigenvalue weighted by molar-refractivity contribution is 0.102. The van der Waals surface area contributed by atoms with E-state index in [0.717, 1.165) is 11.4 Å². The summed E-state index contributed by atoms with van der Waals surface area (Å²) in [6.45, 7) is 3.89. The molecule has 0 aliphatic carbocycles. The monoisotopic (exact) mass is 365 g/mol. The summed E-state index contributed by atoms with van der Waals surface area (Å²) in [7, 11) is 0. The van der Waals surface area contributed by atoms with Gasteiger partial charge in [-0.05, 0) is 44.2 Å². The highest BCUT2D eigenvalue weighted by Gasteiger charge is 2.12. The molecule has 0 bridgehead atoms. The molecule has 4 aromatic heterocycles. The summed E-state index contributed by atoms with van der Waals surface area (Å²) in [5.74, 6) is 1.07. The van der Waals surface area contributed by atoms with Gasteiger partial charge in [0.15, 0.2) is 16.7 Å². The zero-order valence-electron chi connectivity index (χ0n) is 14.1. The second-order valence-electron chi connectivity index (χ2n) is 5.71. The van der Waals surface area contributed by atoms with E-state index in [1.807, 2.05) is 31.4 Å². The largest absolute Gasteiger partial charge is 0.463 e. The van der Waals surface area contributed by atoms with Crippen LogP contribution in [-0.4, -0.2) is 25.7 Å². The Labute approximate surface area is 153 Å². The molecule has 0 aliphatic heterocycles. The molecule has 4 aromatic rings. The third-order valence-electron chi connectivity index (χ3n) is 3.73. The summed E-state index contributed by atoms with van der Waals surface area (Å²) < 4.78 is 7.05. The predicted octanol–water partition coefficient (Wildman–Crippen LogP) is 3.85. The van der Waals surface area contributed by atoms with Gasteiger partial charge in [0.05, 0.1) is 17.5 Å². The van der Waals surface area contributed by atoms with Crippen LogP contribution in [0, 0.1) is 13.8 Å². The summed E-state index contributed by atoms with van der Waals surface area (Å²) in [6.07, 6.45) is 3.12. The van der Waals surface area contributed by atoms with Crippen LogP contribution in [0.25, 0.3) is 17.3 Å². The molecular formula is C18H15N5O2S. The molecule has 0 spiro atoms. The number of nitrogens with zero attached hydrogens (tertiary/aromatic N) is 4. The van der Waals surface area contributed by atoms with Gasteiger partial charge < -0.3 is 4.42 Å². The van der Waals surface area contributed by atoms with Crippen molar-refractivity contribution in [3.8, 4) is 17.3 Å². The van der Waals surface area contributed by atoms with Crippen molar-refractivity contribution in [1.82, 2.24) is 19.7 Å². The Balaban J connectivity index is 1.49. The van der Waals surface area contributed by atoms with Gasteiger partial charge in [0.2, 0.25) is 0 Å². The van der Waals surface area contributed by atoms with Gasteiger partial charge in [-0.15, -0.1) is 11.3 Å². The summed E-state index contributed by atoms with van der Waals surface area (Å²) in [4.78, 5) is 21.1. The van der Waals surface area contributed by atoms with Crippen LogP contribution >= 0.6 is 11.3 Å². The van der Waals surface area contributed by atoms with Crippen LogP contribution in [0.1, 0.15) is 21.7 Å². The van der Waals surface area contributed by atoms with E-state index in [0.29, 0.717) is 28.0 Å². The van der Waals surface area contributed by atoms with Gasteiger partial charge in [0, 0.05) is 17.3 Å². The normalized spacial score (nSPS) is 10.8. The van der Waals surface area contributed by atoms with E-state index in [9.17, 15) is 4.79 Å². The second-order valence-corrected chi connectivity index (χ2v) is 6.57. The average molecular weight is 365 g/mol. The Morgan fingerprint density at radius 1 is 1.27 bits per heavy atom. The smallest absolute Gasteiger partial charge is 0.259 e. The van der Waals surface area contributed by atoms with E-state index in [4.69, 9.17) is 4.42 Å². The fraction of sp³-hybridized carbons (Fsp3) is 0.111. The molecule has 0 aromatic carbocycles. The van der Waals surface area contributed by atoms with Crippen LogP contribution in [-0.2, 0) is 0 Å². The summed E-state index contributed by atoms with van der Waals surface area (Å²) in [6, 6.07) is 9.08. The van der Waals surface area contributed by atoms with Crippen molar-refractivity contribution < 1.29 is 9.21 Å². The van der Waals surface area contributed by atoms with Gasteiger partial charge in [-0.2, -0.15) is 5.10 Å². The van der Waals surface area contributed by atoms with E-state index in [1.54, 1.807) is 29.1 Å². The molecule has 4 heterocycles. The SMILES string of the molecule is Cc1cc(C)n(-c2ccc(C(=O)Nc3nc(-c4ccco4)cs3)cn2)n1. The van der Waals surface area contributed by atoms with Crippen molar-refractivity contribution in [3.05, 3.63) is 65.1 Å². The summed E-state index contributed by atoms with van der Waals surface area (Å²) in [5, 5.41) is 9.50. The van der Waals surface area contributed by atoms with Crippen molar-refractivity contribution in [3.63, 3.8) is 0 Å². The lowest BCUT2D eigenvalue weighted by Crippen LogP contribution is -2.12. The highest BCUT2D eigenvalue weighted by molar-refractivity contribution is 7.14. The van der Waals surface area contributed by atoms with Gasteiger partial charge in [-0.25, -0.2) is 14.6 Å². The van der Waals surface area contributed by atoms with Crippen molar-refractivity contribution in [2.24, 2.45) is 0 Å². The number of anilines is 1. The maximum atomic E-state index is 12.4. The number of nitrogens with one attached hydrogen (secondary N) is 1. The minimum Gasteiger partial charge on any atom is -0.463 e. The number of hydrogen-bond donors (Lipinski definition) is 1. The third-order valence-corrected chi connectivity index (χ3v) is 4.49. The number of amides is 1. The Kier molecular flexibility index (Phi) is 4.10. The molecule has 0 saturated carbocycles. The van der Waals surface area contributed by atoms with Crippen molar-refractivity contribution in [2.75, 3.05) is 5.32 Å². The van der Waals surface area contributed by atoms with Crippen LogP contribution in [0.5, 0.6) is 0 Å². The first-order chi connectivity index (χ1) is 12.6. The first-order valence-electron chi connectivity index (χ1n) is 7.90. The molecule has 0 aliphatic rings. The average Bonchev–Trinajstić information content (AvgIpc) is 3.36. The van der Waals surface area contributed by atoms with E-state index in [1.165, 1.54) is 17.5 Å². The topological polar surface area (TPSA) is 85.8 Å². The fourth-order valence-electron chi connectivity index (χ4n) is 2.54. The first kappa shape index (κ1) is 16.2. The number of carbonyl (C=O) groups is 1. The molecule has 0 radical (unpaired) electrons. The quantitative estimate of drug-likeness (QED) is 0.594. The molecule has 1 amide bonds. The molecule has 0 atom stereocenters. The predicted molar refractivity (Wildman–Crippen MR) is 98.6 cm³/mol. The van der Waals surface area contributed by atoms with Gasteiger partial charge in [0.25, 0.3) is 5.91 Å². The number of rotatable bonds is 4. The molecule has 1 N–H and O–H groups in total. The van der Waals surface area contributed by atoms with Crippen molar-refractivity contribution in [2.45, 2.75) is 13.8 Å². The van der Waals surface area contributed by atoms with E-state index < -0.39 is 0 Å². The van der Waals surface area contributed by atoms with Gasteiger partial charge >= 0.3 is 0 Å². The first-order valence-corrected chi connectivity index (χ1v) is 8.78. The molecule has 0 unspecified atom stereocenters. The van der Waals surface area contributed by atoms with Gasteiger partial charge in [-0.1, -0.05) is 0 Å². The van der Waals surface area contributed by atoms with Crippen LogP contribution in [0.2, 0.25) is 0 Å². The number of furan rings is 1. The Hall–Kier alpha value is -3.26.